The highest BCUT2D eigenvalue weighted by molar-refractivity contribution is 5.86. The van der Waals surface area contributed by atoms with Gasteiger partial charge in [0.05, 0.1) is 6.61 Å². The van der Waals surface area contributed by atoms with Gasteiger partial charge in [-0.1, -0.05) is 18.2 Å². The van der Waals surface area contributed by atoms with Crippen LogP contribution in [0.5, 0.6) is 0 Å². The second-order valence-corrected chi connectivity index (χ2v) is 4.76. The van der Waals surface area contributed by atoms with E-state index in [1.807, 2.05) is 31.2 Å². The molecule has 4 N–H and O–H groups in total. The Kier molecular flexibility index (Phi) is 3.87. The van der Waals surface area contributed by atoms with Crippen LogP contribution in [0.4, 0.5) is 0 Å². The van der Waals surface area contributed by atoms with Crippen molar-refractivity contribution in [3.05, 3.63) is 35.5 Å². The van der Waals surface area contributed by atoms with Crippen LogP contribution in [0.15, 0.2) is 24.3 Å². The van der Waals surface area contributed by atoms with Crippen molar-refractivity contribution in [3.63, 3.8) is 0 Å². The molecule has 2 aromatic rings. The Morgan fingerprint density at radius 3 is 2.84 bits per heavy atom. The lowest BCUT2D eigenvalue weighted by molar-refractivity contribution is -0.132. The number of aryl methyl sites for hydroxylation is 1. The van der Waals surface area contributed by atoms with E-state index in [4.69, 9.17) is 10.8 Å². The first kappa shape index (κ1) is 13.6. The normalized spacial score (nSPS) is 12.6. The van der Waals surface area contributed by atoms with Gasteiger partial charge in [-0.3, -0.25) is 4.79 Å². The first-order valence-electron chi connectivity index (χ1n) is 6.22. The maximum atomic E-state index is 11.9. The van der Waals surface area contributed by atoms with E-state index in [1.165, 1.54) is 0 Å². The number of nitrogens with one attached hydrogen (secondary N) is 1. The second kappa shape index (κ2) is 5.42. The molecular formula is C14H19N3O2. The zero-order valence-corrected chi connectivity index (χ0v) is 11.2. The zero-order chi connectivity index (χ0) is 14.0. The summed E-state index contributed by atoms with van der Waals surface area (Å²) in [5.41, 5.74) is 8.73. The number of carbonyl (C=O) groups is 1. The van der Waals surface area contributed by atoms with Crippen molar-refractivity contribution in [2.75, 3.05) is 13.7 Å². The van der Waals surface area contributed by atoms with E-state index < -0.39 is 6.04 Å². The van der Waals surface area contributed by atoms with Crippen LogP contribution in [0.25, 0.3) is 10.9 Å². The number of likely N-dealkylation sites (N-methyl/N-ethyl adjacent to an activating group) is 1. The van der Waals surface area contributed by atoms with Crippen LogP contribution in [0.3, 0.4) is 0 Å². The maximum absolute atomic E-state index is 11.9. The summed E-state index contributed by atoms with van der Waals surface area (Å²) in [6, 6.07) is 7.13. The van der Waals surface area contributed by atoms with Gasteiger partial charge in [0.2, 0.25) is 5.91 Å². The van der Waals surface area contributed by atoms with Crippen molar-refractivity contribution in [1.82, 2.24) is 9.88 Å². The summed E-state index contributed by atoms with van der Waals surface area (Å²) < 4.78 is 0. The van der Waals surface area contributed by atoms with Gasteiger partial charge in [0, 0.05) is 30.2 Å². The molecule has 1 unspecified atom stereocenters. The predicted octanol–water partition coefficient (Wildman–Crippen LogP) is 0.754. The number of para-hydroxylation sites is 1. The number of nitrogens with zero attached hydrogens (tertiary/aromatic N) is 1. The molecule has 19 heavy (non-hydrogen) atoms. The molecule has 0 aliphatic rings. The summed E-state index contributed by atoms with van der Waals surface area (Å²) in [5, 5.41) is 10.0. The molecule has 0 radical (unpaired) electrons. The Morgan fingerprint density at radius 1 is 1.47 bits per heavy atom. The van der Waals surface area contributed by atoms with Gasteiger partial charge < -0.3 is 20.7 Å². The van der Waals surface area contributed by atoms with Crippen LogP contribution in [-0.2, 0) is 11.3 Å². The molecule has 0 aliphatic heterocycles. The number of benzene rings is 1. The van der Waals surface area contributed by atoms with Gasteiger partial charge in [0.1, 0.15) is 6.04 Å². The van der Waals surface area contributed by atoms with Crippen LogP contribution in [0, 0.1) is 6.92 Å². The molecule has 0 saturated heterocycles. The first-order chi connectivity index (χ1) is 9.04. The van der Waals surface area contributed by atoms with E-state index in [9.17, 15) is 4.79 Å². The standard InChI is InChI=1S/C14H19N3O2/c1-9-11(7-17(2)14(19)12(15)8-18)10-5-3-4-6-13(10)16-9/h3-6,12,16,18H,7-8,15H2,1-2H3. The maximum Gasteiger partial charge on any atom is 0.241 e. The summed E-state index contributed by atoms with van der Waals surface area (Å²) in [4.78, 5) is 16.7. The smallest absolute Gasteiger partial charge is 0.241 e. The third kappa shape index (κ3) is 2.62. The van der Waals surface area contributed by atoms with E-state index in [1.54, 1.807) is 11.9 Å². The third-order valence-electron chi connectivity index (χ3n) is 3.31. The van der Waals surface area contributed by atoms with Crippen LogP contribution < -0.4 is 5.73 Å². The Balaban J connectivity index is 2.26. The number of rotatable bonds is 4. The number of aromatic amines is 1. The number of aromatic nitrogens is 1. The number of aliphatic hydroxyl groups excluding tert-OH is 1. The summed E-state index contributed by atoms with van der Waals surface area (Å²) in [6.07, 6.45) is 0. The average molecular weight is 261 g/mol. The monoisotopic (exact) mass is 261 g/mol. The van der Waals surface area contributed by atoms with Crippen molar-refractivity contribution in [3.8, 4) is 0 Å². The lowest BCUT2D eigenvalue weighted by atomic mass is 10.1. The lowest BCUT2D eigenvalue weighted by Gasteiger charge is -2.20. The minimum absolute atomic E-state index is 0.257. The molecule has 0 bridgehead atoms. The SMILES string of the molecule is Cc1[nH]c2ccccc2c1CN(C)C(=O)C(N)CO. The number of fused-ring (bicyclic) bond motifs is 1. The Labute approximate surface area is 112 Å². The van der Waals surface area contributed by atoms with Gasteiger partial charge in [-0.05, 0) is 18.6 Å². The minimum Gasteiger partial charge on any atom is -0.394 e. The van der Waals surface area contributed by atoms with Crippen molar-refractivity contribution in [2.24, 2.45) is 5.73 Å². The van der Waals surface area contributed by atoms with Gasteiger partial charge in [0.25, 0.3) is 0 Å². The number of amides is 1. The van der Waals surface area contributed by atoms with E-state index >= 15 is 0 Å². The summed E-state index contributed by atoms with van der Waals surface area (Å²) in [5.74, 6) is -0.257. The highest BCUT2D eigenvalue weighted by Gasteiger charge is 2.19. The molecule has 0 fully saturated rings. The molecule has 1 aromatic carbocycles. The number of carbonyl (C=O) groups excluding carboxylic acids is 1. The highest BCUT2D eigenvalue weighted by atomic mass is 16.3. The number of nitrogens with two attached hydrogens (primary N) is 1. The Morgan fingerprint density at radius 2 is 2.16 bits per heavy atom. The lowest BCUT2D eigenvalue weighted by Crippen LogP contribution is -2.43. The number of aliphatic hydroxyl groups is 1. The molecule has 0 spiro atoms. The van der Waals surface area contributed by atoms with Crippen molar-refractivity contribution in [2.45, 2.75) is 19.5 Å². The zero-order valence-electron chi connectivity index (χ0n) is 11.2. The molecule has 0 saturated carbocycles. The Bertz CT molecular complexity index is 591. The van der Waals surface area contributed by atoms with Gasteiger partial charge >= 0.3 is 0 Å². The minimum atomic E-state index is -0.851. The number of hydrogen-bond donors (Lipinski definition) is 3. The van der Waals surface area contributed by atoms with Gasteiger partial charge in [0.15, 0.2) is 0 Å². The van der Waals surface area contributed by atoms with Gasteiger partial charge in [-0.2, -0.15) is 0 Å². The predicted molar refractivity (Wildman–Crippen MR) is 74.6 cm³/mol. The van der Waals surface area contributed by atoms with Gasteiger partial charge in [-0.15, -0.1) is 0 Å². The molecule has 1 heterocycles. The van der Waals surface area contributed by atoms with E-state index in [0.717, 1.165) is 22.2 Å². The number of H-pyrrole nitrogens is 1. The topological polar surface area (TPSA) is 82.4 Å². The largest absolute Gasteiger partial charge is 0.394 e. The molecule has 1 amide bonds. The molecular weight excluding hydrogens is 242 g/mol. The fourth-order valence-electron chi connectivity index (χ4n) is 2.21. The summed E-state index contributed by atoms with van der Waals surface area (Å²) in [6.45, 7) is 2.12. The average Bonchev–Trinajstić information content (AvgIpc) is 2.73. The van der Waals surface area contributed by atoms with Crippen molar-refractivity contribution >= 4 is 16.8 Å². The molecule has 1 aromatic heterocycles. The van der Waals surface area contributed by atoms with Crippen molar-refractivity contribution in [1.29, 1.82) is 0 Å². The van der Waals surface area contributed by atoms with Gasteiger partial charge in [-0.25, -0.2) is 0 Å². The summed E-state index contributed by atoms with van der Waals surface area (Å²) >= 11 is 0. The first-order valence-corrected chi connectivity index (χ1v) is 6.22. The highest BCUT2D eigenvalue weighted by Crippen LogP contribution is 2.23. The van der Waals surface area contributed by atoms with E-state index in [2.05, 4.69) is 4.98 Å². The number of hydrogen-bond acceptors (Lipinski definition) is 3. The fraction of sp³-hybridized carbons (Fsp3) is 0.357. The van der Waals surface area contributed by atoms with Crippen LogP contribution >= 0.6 is 0 Å². The molecule has 5 heteroatoms. The molecule has 102 valence electrons. The van der Waals surface area contributed by atoms with Crippen LogP contribution in [-0.4, -0.2) is 40.6 Å². The summed E-state index contributed by atoms with van der Waals surface area (Å²) in [7, 11) is 1.69. The Hall–Kier alpha value is -1.85. The molecule has 5 nitrogen and oxygen atoms in total. The second-order valence-electron chi connectivity index (χ2n) is 4.76. The van der Waals surface area contributed by atoms with E-state index in [0.29, 0.717) is 6.54 Å². The van der Waals surface area contributed by atoms with Crippen molar-refractivity contribution < 1.29 is 9.90 Å². The molecule has 2 rings (SSSR count). The fourth-order valence-corrected chi connectivity index (χ4v) is 2.21. The third-order valence-corrected chi connectivity index (χ3v) is 3.31. The quantitative estimate of drug-likeness (QED) is 0.759. The van der Waals surface area contributed by atoms with E-state index in [-0.39, 0.29) is 12.5 Å². The molecule has 0 aliphatic carbocycles. The molecule has 1 atom stereocenters. The van der Waals surface area contributed by atoms with Crippen LogP contribution in [0.2, 0.25) is 0 Å². The van der Waals surface area contributed by atoms with Crippen LogP contribution in [0.1, 0.15) is 11.3 Å².